The predicted octanol–water partition coefficient (Wildman–Crippen LogP) is 4.25. The highest BCUT2D eigenvalue weighted by molar-refractivity contribution is 4.73. The van der Waals surface area contributed by atoms with Gasteiger partial charge in [0.25, 0.3) is 0 Å². The fraction of sp³-hybridized carbons (Fsp3) is 1.00. The maximum absolute atomic E-state index is 2.45. The minimum absolute atomic E-state index is 0.988. The zero-order valence-electron chi connectivity index (χ0n) is 8.97. The molecule has 0 N–H and O–H groups in total. The van der Waals surface area contributed by atoms with Crippen molar-refractivity contribution in [3.63, 3.8) is 0 Å². The molecule has 1 aliphatic rings. The van der Waals surface area contributed by atoms with Gasteiger partial charge in [0.2, 0.25) is 0 Å². The van der Waals surface area contributed by atoms with Crippen molar-refractivity contribution in [1.29, 1.82) is 0 Å². The molecule has 0 aromatic heterocycles. The lowest BCUT2D eigenvalue weighted by molar-refractivity contribution is 0.214. The molecule has 0 nitrogen and oxygen atoms in total. The molecule has 0 radical (unpaired) electrons. The van der Waals surface area contributed by atoms with Gasteiger partial charge in [-0.05, 0) is 30.6 Å². The lowest BCUT2D eigenvalue weighted by Gasteiger charge is -2.30. The van der Waals surface area contributed by atoms with E-state index in [1.807, 2.05) is 0 Å². The second-order valence-electron chi connectivity index (χ2n) is 4.79. The summed E-state index contributed by atoms with van der Waals surface area (Å²) in [7, 11) is 0. The van der Waals surface area contributed by atoms with Crippen LogP contribution < -0.4 is 0 Å². The summed E-state index contributed by atoms with van der Waals surface area (Å²) in [5.41, 5.74) is 0. The third-order valence-corrected chi connectivity index (χ3v) is 3.61. The predicted molar refractivity (Wildman–Crippen MR) is 55.2 cm³/mol. The summed E-state index contributed by atoms with van der Waals surface area (Å²) in [5, 5.41) is 0. The molecule has 0 heterocycles. The molecule has 0 aromatic rings. The van der Waals surface area contributed by atoms with E-state index in [0.717, 1.165) is 17.8 Å². The smallest absolute Gasteiger partial charge is 0.0388 e. The minimum Gasteiger partial charge on any atom is -0.0654 e. The molecular formula is C12H24. The first-order valence-electron chi connectivity index (χ1n) is 5.74. The Kier molecular flexibility index (Phi) is 4.11. The van der Waals surface area contributed by atoms with Crippen molar-refractivity contribution in [2.24, 2.45) is 17.8 Å². The van der Waals surface area contributed by atoms with Crippen molar-refractivity contribution in [1.82, 2.24) is 0 Å². The fourth-order valence-electron chi connectivity index (χ4n) is 2.55. The van der Waals surface area contributed by atoms with Crippen LogP contribution in [-0.4, -0.2) is 0 Å². The molecule has 1 saturated carbocycles. The van der Waals surface area contributed by atoms with E-state index in [1.165, 1.54) is 38.5 Å². The number of hydrogen-bond acceptors (Lipinski definition) is 0. The van der Waals surface area contributed by atoms with Crippen molar-refractivity contribution in [2.45, 2.75) is 59.3 Å². The van der Waals surface area contributed by atoms with Gasteiger partial charge in [-0.3, -0.25) is 0 Å². The highest BCUT2D eigenvalue weighted by Gasteiger charge is 2.22. The van der Waals surface area contributed by atoms with Crippen LogP contribution in [0.15, 0.2) is 0 Å². The summed E-state index contributed by atoms with van der Waals surface area (Å²) in [5.74, 6) is 3.05. The molecule has 12 heavy (non-hydrogen) atoms. The standard InChI is InChI=1S/C12H24/c1-4-5-11(3)12-8-6-10(2)7-9-12/h10-12H,4-9H2,1-3H3. The molecule has 1 rings (SSSR count). The molecule has 72 valence electrons. The average molecular weight is 168 g/mol. The van der Waals surface area contributed by atoms with Gasteiger partial charge in [-0.25, -0.2) is 0 Å². The van der Waals surface area contributed by atoms with Gasteiger partial charge < -0.3 is 0 Å². The third-order valence-electron chi connectivity index (χ3n) is 3.61. The molecule has 0 spiro atoms. The highest BCUT2D eigenvalue weighted by atomic mass is 14.3. The van der Waals surface area contributed by atoms with Crippen LogP contribution in [0.25, 0.3) is 0 Å². The van der Waals surface area contributed by atoms with E-state index in [4.69, 9.17) is 0 Å². The second-order valence-corrected chi connectivity index (χ2v) is 4.79. The van der Waals surface area contributed by atoms with Gasteiger partial charge in [0, 0.05) is 0 Å². The van der Waals surface area contributed by atoms with E-state index in [-0.39, 0.29) is 0 Å². The summed E-state index contributed by atoms with van der Waals surface area (Å²) in [6.07, 6.45) is 8.79. The molecular weight excluding hydrogens is 144 g/mol. The normalized spacial score (nSPS) is 33.2. The summed E-state index contributed by atoms with van der Waals surface area (Å²) >= 11 is 0. The Morgan fingerprint density at radius 1 is 1.17 bits per heavy atom. The van der Waals surface area contributed by atoms with Gasteiger partial charge >= 0.3 is 0 Å². The minimum atomic E-state index is 0.988. The van der Waals surface area contributed by atoms with Crippen molar-refractivity contribution in [2.75, 3.05) is 0 Å². The lowest BCUT2D eigenvalue weighted by atomic mass is 9.76. The molecule has 1 atom stereocenters. The lowest BCUT2D eigenvalue weighted by Crippen LogP contribution is -2.18. The quantitative estimate of drug-likeness (QED) is 0.591. The summed E-state index contributed by atoms with van der Waals surface area (Å²) in [6.45, 7) is 7.16. The van der Waals surface area contributed by atoms with Gasteiger partial charge in [-0.2, -0.15) is 0 Å². The Hall–Kier alpha value is 0. The van der Waals surface area contributed by atoms with E-state index < -0.39 is 0 Å². The average Bonchev–Trinajstić information content (AvgIpc) is 2.06. The zero-order chi connectivity index (χ0) is 8.97. The van der Waals surface area contributed by atoms with Crippen LogP contribution in [0.3, 0.4) is 0 Å². The molecule has 1 aliphatic carbocycles. The second kappa shape index (κ2) is 4.89. The molecule has 0 amide bonds. The summed E-state index contributed by atoms with van der Waals surface area (Å²) in [6, 6.07) is 0. The summed E-state index contributed by atoms with van der Waals surface area (Å²) in [4.78, 5) is 0. The maximum Gasteiger partial charge on any atom is -0.0388 e. The van der Waals surface area contributed by atoms with E-state index in [2.05, 4.69) is 20.8 Å². The third kappa shape index (κ3) is 2.80. The van der Waals surface area contributed by atoms with Crippen LogP contribution in [0.2, 0.25) is 0 Å². The van der Waals surface area contributed by atoms with Gasteiger partial charge in [-0.1, -0.05) is 46.5 Å². The largest absolute Gasteiger partial charge is 0.0654 e. The van der Waals surface area contributed by atoms with Crippen LogP contribution in [0.4, 0.5) is 0 Å². The van der Waals surface area contributed by atoms with E-state index in [0.29, 0.717) is 0 Å². The van der Waals surface area contributed by atoms with E-state index in [1.54, 1.807) is 0 Å². The first kappa shape index (κ1) is 10.1. The molecule has 1 fully saturated rings. The first-order valence-corrected chi connectivity index (χ1v) is 5.74. The Bertz CT molecular complexity index is 109. The van der Waals surface area contributed by atoms with Crippen LogP contribution in [0.1, 0.15) is 59.3 Å². The number of rotatable bonds is 3. The van der Waals surface area contributed by atoms with Crippen LogP contribution in [0.5, 0.6) is 0 Å². The van der Waals surface area contributed by atoms with Crippen LogP contribution in [-0.2, 0) is 0 Å². The molecule has 0 aromatic carbocycles. The molecule has 0 bridgehead atoms. The van der Waals surface area contributed by atoms with Crippen molar-refractivity contribution in [3.05, 3.63) is 0 Å². The highest BCUT2D eigenvalue weighted by Crippen LogP contribution is 2.34. The van der Waals surface area contributed by atoms with Crippen LogP contribution >= 0.6 is 0 Å². The van der Waals surface area contributed by atoms with Gasteiger partial charge in [0.15, 0.2) is 0 Å². The van der Waals surface area contributed by atoms with Gasteiger partial charge in [0.05, 0.1) is 0 Å². The SMILES string of the molecule is CCCC(C)C1CCC(C)CC1. The fourth-order valence-corrected chi connectivity index (χ4v) is 2.55. The number of hydrogen-bond donors (Lipinski definition) is 0. The Morgan fingerprint density at radius 3 is 2.25 bits per heavy atom. The molecule has 0 saturated heterocycles. The topological polar surface area (TPSA) is 0 Å². The summed E-state index contributed by atoms with van der Waals surface area (Å²) < 4.78 is 0. The molecule has 0 heteroatoms. The monoisotopic (exact) mass is 168 g/mol. The zero-order valence-corrected chi connectivity index (χ0v) is 8.97. The first-order chi connectivity index (χ1) is 5.74. The Balaban J connectivity index is 2.24. The van der Waals surface area contributed by atoms with E-state index in [9.17, 15) is 0 Å². The molecule has 1 unspecified atom stereocenters. The van der Waals surface area contributed by atoms with E-state index >= 15 is 0 Å². The van der Waals surface area contributed by atoms with Crippen molar-refractivity contribution >= 4 is 0 Å². The maximum atomic E-state index is 2.45. The van der Waals surface area contributed by atoms with Crippen molar-refractivity contribution in [3.8, 4) is 0 Å². The molecule has 0 aliphatic heterocycles. The van der Waals surface area contributed by atoms with Crippen LogP contribution in [0, 0.1) is 17.8 Å². The Morgan fingerprint density at radius 2 is 1.75 bits per heavy atom. The Labute approximate surface area is 77.7 Å². The van der Waals surface area contributed by atoms with Crippen molar-refractivity contribution < 1.29 is 0 Å². The van der Waals surface area contributed by atoms with Gasteiger partial charge in [0.1, 0.15) is 0 Å². The van der Waals surface area contributed by atoms with Gasteiger partial charge in [-0.15, -0.1) is 0 Å².